The number of anilines is 1. The van der Waals surface area contributed by atoms with Gasteiger partial charge < -0.3 is 9.73 Å². The van der Waals surface area contributed by atoms with Crippen LogP contribution in [0.5, 0.6) is 0 Å². The lowest BCUT2D eigenvalue weighted by Crippen LogP contribution is -2.03. The molecule has 0 aliphatic heterocycles. The highest BCUT2D eigenvalue weighted by atomic mass is 79.9. The van der Waals surface area contributed by atoms with E-state index in [0.717, 1.165) is 40.1 Å². The third kappa shape index (κ3) is 2.41. The number of aromatic nitrogens is 2. The van der Waals surface area contributed by atoms with E-state index in [1.165, 1.54) is 0 Å². The van der Waals surface area contributed by atoms with Gasteiger partial charge in [-0.1, -0.05) is 13.3 Å². The molecule has 4 nitrogen and oxygen atoms in total. The summed E-state index contributed by atoms with van der Waals surface area (Å²) in [6.45, 7) is 4.05. The van der Waals surface area contributed by atoms with E-state index in [1.807, 2.05) is 20.0 Å². The van der Waals surface area contributed by atoms with Crippen LogP contribution in [0, 0.1) is 6.92 Å². The second-order valence-electron chi connectivity index (χ2n) is 4.05. The highest BCUT2D eigenvalue weighted by Gasteiger charge is 2.14. The zero-order valence-corrected chi connectivity index (χ0v) is 12.3. The number of aryl methyl sites for hydroxylation is 2. The number of rotatable bonds is 4. The van der Waals surface area contributed by atoms with Crippen LogP contribution in [0.15, 0.2) is 21.2 Å². The van der Waals surface area contributed by atoms with Gasteiger partial charge in [-0.05, 0) is 35.3 Å². The van der Waals surface area contributed by atoms with Crippen molar-refractivity contribution in [2.24, 2.45) is 0 Å². The van der Waals surface area contributed by atoms with Crippen LogP contribution < -0.4 is 5.32 Å². The van der Waals surface area contributed by atoms with Crippen LogP contribution in [0.25, 0.3) is 11.4 Å². The topological polar surface area (TPSA) is 51.0 Å². The van der Waals surface area contributed by atoms with Gasteiger partial charge in [0.25, 0.3) is 0 Å². The number of furan rings is 1. The van der Waals surface area contributed by atoms with E-state index < -0.39 is 0 Å². The van der Waals surface area contributed by atoms with Crippen LogP contribution in [-0.4, -0.2) is 17.0 Å². The fraction of sp³-hybridized carbons (Fsp3) is 0.385. The molecule has 0 saturated heterocycles. The van der Waals surface area contributed by atoms with Gasteiger partial charge in [0.15, 0.2) is 5.82 Å². The Hall–Kier alpha value is -1.36. The fourth-order valence-electron chi connectivity index (χ4n) is 1.80. The molecular weight excluding hydrogens is 294 g/mol. The lowest BCUT2D eigenvalue weighted by atomic mass is 10.2. The van der Waals surface area contributed by atoms with Crippen molar-refractivity contribution in [1.29, 1.82) is 0 Å². The van der Waals surface area contributed by atoms with Crippen LogP contribution in [0.1, 0.15) is 24.8 Å². The van der Waals surface area contributed by atoms with E-state index in [0.29, 0.717) is 5.82 Å². The maximum atomic E-state index is 5.31. The van der Waals surface area contributed by atoms with E-state index in [4.69, 9.17) is 4.42 Å². The van der Waals surface area contributed by atoms with Crippen molar-refractivity contribution in [3.63, 3.8) is 0 Å². The molecule has 96 valence electrons. The standard InChI is InChI=1S/C13H16BrN3O/c1-4-5-10-11(14)13(15-3)17-12(16-10)9-6-7-18-8(9)2/h6-7H,4-5H2,1-3H3,(H,15,16,17). The molecule has 1 N–H and O–H groups in total. The monoisotopic (exact) mass is 309 g/mol. The molecule has 0 atom stereocenters. The van der Waals surface area contributed by atoms with Crippen LogP contribution in [0.4, 0.5) is 5.82 Å². The molecule has 0 aliphatic rings. The van der Waals surface area contributed by atoms with E-state index in [2.05, 4.69) is 38.1 Å². The molecule has 18 heavy (non-hydrogen) atoms. The highest BCUT2D eigenvalue weighted by Crippen LogP contribution is 2.29. The minimum absolute atomic E-state index is 0.706. The summed E-state index contributed by atoms with van der Waals surface area (Å²) >= 11 is 3.55. The van der Waals surface area contributed by atoms with E-state index in [1.54, 1.807) is 6.26 Å². The first-order valence-corrected chi connectivity index (χ1v) is 6.75. The Morgan fingerprint density at radius 3 is 2.72 bits per heavy atom. The van der Waals surface area contributed by atoms with E-state index in [-0.39, 0.29) is 0 Å². The second kappa shape index (κ2) is 5.52. The van der Waals surface area contributed by atoms with Crippen molar-refractivity contribution in [2.45, 2.75) is 26.7 Å². The Labute approximate surface area is 115 Å². The molecular formula is C13H16BrN3O. The maximum absolute atomic E-state index is 5.31. The summed E-state index contributed by atoms with van der Waals surface area (Å²) < 4.78 is 6.25. The molecule has 2 heterocycles. The summed E-state index contributed by atoms with van der Waals surface area (Å²) in [5.74, 6) is 2.35. The summed E-state index contributed by atoms with van der Waals surface area (Å²) in [7, 11) is 1.86. The number of hydrogen-bond acceptors (Lipinski definition) is 4. The summed E-state index contributed by atoms with van der Waals surface area (Å²) in [5, 5.41) is 3.09. The van der Waals surface area contributed by atoms with Gasteiger partial charge in [0.1, 0.15) is 11.6 Å². The molecule has 0 spiro atoms. The van der Waals surface area contributed by atoms with Crippen molar-refractivity contribution in [1.82, 2.24) is 9.97 Å². The van der Waals surface area contributed by atoms with Gasteiger partial charge in [-0.3, -0.25) is 0 Å². The molecule has 0 aliphatic carbocycles. The quantitative estimate of drug-likeness (QED) is 0.933. The zero-order chi connectivity index (χ0) is 13.1. The van der Waals surface area contributed by atoms with Crippen LogP contribution in [0.2, 0.25) is 0 Å². The average molecular weight is 310 g/mol. The largest absolute Gasteiger partial charge is 0.469 e. The van der Waals surface area contributed by atoms with Crippen molar-refractivity contribution in [2.75, 3.05) is 12.4 Å². The molecule has 0 fully saturated rings. The van der Waals surface area contributed by atoms with Gasteiger partial charge in [-0.2, -0.15) is 0 Å². The van der Waals surface area contributed by atoms with Gasteiger partial charge in [0.2, 0.25) is 0 Å². The average Bonchev–Trinajstić information content (AvgIpc) is 2.78. The molecule has 0 bridgehead atoms. The molecule has 0 saturated carbocycles. The smallest absolute Gasteiger partial charge is 0.165 e. The lowest BCUT2D eigenvalue weighted by Gasteiger charge is -2.10. The third-order valence-electron chi connectivity index (χ3n) is 2.74. The summed E-state index contributed by atoms with van der Waals surface area (Å²) in [6.07, 6.45) is 3.62. The van der Waals surface area contributed by atoms with Crippen LogP contribution in [-0.2, 0) is 6.42 Å². The summed E-state index contributed by atoms with van der Waals surface area (Å²) in [6, 6.07) is 1.90. The molecule has 2 rings (SSSR count). The molecule has 5 heteroatoms. The Balaban J connectivity index is 2.55. The highest BCUT2D eigenvalue weighted by molar-refractivity contribution is 9.10. The minimum Gasteiger partial charge on any atom is -0.469 e. The SMILES string of the molecule is CCCc1nc(-c2ccoc2C)nc(NC)c1Br. The summed E-state index contributed by atoms with van der Waals surface area (Å²) in [4.78, 5) is 9.12. The molecule has 2 aromatic rings. The van der Waals surface area contributed by atoms with Crippen LogP contribution >= 0.6 is 15.9 Å². The Kier molecular flexibility index (Phi) is 4.01. The van der Waals surface area contributed by atoms with Crippen LogP contribution in [0.3, 0.4) is 0 Å². The Bertz CT molecular complexity index is 551. The first-order chi connectivity index (χ1) is 8.67. The van der Waals surface area contributed by atoms with Gasteiger partial charge in [0.05, 0.1) is 22.0 Å². The Morgan fingerprint density at radius 2 is 2.17 bits per heavy atom. The van der Waals surface area contributed by atoms with Gasteiger partial charge >= 0.3 is 0 Å². The number of halogens is 1. The fourth-order valence-corrected chi connectivity index (χ4v) is 2.37. The van der Waals surface area contributed by atoms with Crippen molar-refractivity contribution in [3.8, 4) is 11.4 Å². The number of hydrogen-bond donors (Lipinski definition) is 1. The van der Waals surface area contributed by atoms with E-state index in [9.17, 15) is 0 Å². The second-order valence-corrected chi connectivity index (χ2v) is 4.84. The molecule has 0 aromatic carbocycles. The molecule has 0 unspecified atom stereocenters. The predicted molar refractivity (Wildman–Crippen MR) is 75.7 cm³/mol. The summed E-state index contributed by atoms with van der Waals surface area (Å²) in [5.41, 5.74) is 1.96. The van der Waals surface area contributed by atoms with Gasteiger partial charge in [-0.25, -0.2) is 9.97 Å². The predicted octanol–water partition coefficient (Wildman–Crippen LogP) is 3.80. The van der Waals surface area contributed by atoms with E-state index >= 15 is 0 Å². The van der Waals surface area contributed by atoms with Crippen molar-refractivity contribution >= 4 is 21.7 Å². The van der Waals surface area contributed by atoms with Gasteiger partial charge in [-0.15, -0.1) is 0 Å². The minimum atomic E-state index is 0.706. The lowest BCUT2D eigenvalue weighted by molar-refractivity contribution is 0.535. The first kappa shape index (κ1) is 13.1. The Morgan fingerprint density at radius 1 is 1.39 bits per heavy atom. The van der Waals surface area contributed by atoms with Crippen molar-refractivity contribution < 1.29 is 4.42 Å². The zero-order valence-electron chi connectivity index (χ0n) is 10.7. The van der Waals surface area contributed by atoms with Gasteiger partial charge in [0, 0.05) is 7.05 Å². The molecule has 2 aromatic heterocycles. The number of nitrogens with one attached hydrogen (secondary N) is 1. The normalized spacial score (nSPS) is 10.7. The molecule has 0 amide bonds. The van der Waals surface area contributed by atoms with Crippen molar-refractivity contribution in [3.05, 3.63) is 28.3 Å². The maximum Gasteiger partial charge on any atom is 0.165 e. The third-order valence-corrected chi connectivity index (χ3v) is 3.58. The molecule has 0 radical (unpaired) electrons. The first-order valence-electron chi connectivity index (χ1n) is 5.96. The number of nitrogens with zero attached hydrogens (tertiary/aromatic N) is 2.